The van der Waals surface area contributed by atoms with Gasteiger partial charge in [0, 0.05) is 28.9 Å². The number of hydrogen-bond acceptors (Lipinski definition) is 3. The fraction of sp³-hybridized carbons (Fsp3) is 0.0909. The number of rotatable bonds is 2. The van der Waals surface area contributed by atoms with E-state index >= 15 is 0 Å². The van der Waals surface area contributed by atoms with Crippen LogP contribution in [0.1, 0.15) is 5.69 Å². The van der Waals surface area contributed by atoms with E-state index in [0.717, 1.165) is 16.8 Å². The van der Waals surface area contributed by atoms with E-state index in [1.807, 2.05) is 24.4 Å². The number of hydrogen-bond donors (Lipinski definition) is 1. The normalized spacial score (nSPS) is 10.2. The largest absolute Gasteiger partial charge is 0.384 e. The number of pyridine rings is 2. The highest BCUT2D eigenvalue weighted by molar-refractivity contribution is 9.08. The smallest absolute Gasteiger partial charge is 0.123 e. The van der Waals surface area contributed by atoms with Crippen LogP contribution in [-0.4, -0.2) is 9.97 Å². The Hall–Kier alpha value is -1.42. The van der Waals surface area contributed by atoms with Crippen LogP contribution in [0.2, 0.25) is 0 Å². The van der Waals surface area contributed by atoms with Crippen LogP contribution in [0.3, 0.4) is 0 Å². The second-order valence-electron chi connectivity index (χ2n) is 3.11. The molecule has 2 N–H and O–H groups in total. The van der Waals surface area contributed by atoms with Gasteiger partial charge in [-0.3, -0.25) is 4.98 Å². The van der Waals surface area contributed by atoms with Crippen molar-refractivity contribution in [1.29, 1.82) is 0 Å². The van der Waals surface area contributed by atoms with Crippen LogP contribution in [0.5, 0.6) is 0 Å². The van der Waals surface area contributed by atoms with Crippen LogP contribution in [0, 0.1) is 0 Å². The fourth-order valence-corrected chi connectivity index (χ4v) is 1.83. The summed E-state index contributed by atoms with van der Waals surface area (Å²) in [6.45, 7) is 0. The van der Waals surface area contributed by atoms with Gasteiger partial charge in [0.1, 0.15) is 5.82 Å². The Balaban J connectivity index is 2.53. The van der Waals surface area contributed by atoms with Gasteiger partial charge in [-0.25, -0.2) is 4.98 Å². The topological polar surface area (TPSA) is 51.8 Å². The van der Waals surface area contributed by atoms with E-state index in [-0.39, 0.29) is 0 Å². The summed E-state index contributed by atoms with van der Waals surface area (Å²) < 4.78 is 0. The Morgan fingerprint density at radius 1 is 1.27 bits per heavy atom. The number of anilines is 1. The lowest BCUT2D eigenvalue weighted by atomic mass is 10.1. The number of nitrogen functional groups attached to an aromatic ring is 1. The quantitative estimate of drug-likeness (QED) is 0.848. The van der Waals surface area contributed by atoms with Crippen molar-refractivity contribution in [2.45, 2.75) is 5.33 Å². The first-order valence-corrected chi connectivity index (χ1v) is 5.65. The zero-order valence-electron chi connectivity index (χ0n) is 8.02. The summed E-state index contributed by atoms with van der Waals surface area (Å²) in [6, 6.07) is 7.68. The molecular weight excluding hydrogens is 254 g/mol. The molecule has 0 bridgehead atoms. The maximum absolute atomic E-state index is 5.63. The molecule has 2 aromatic rings. The first-order chi connectivity index (χ1) is 7.31. The van der Waals surface area contributed by atoms with Crippen LogP contribution in [0.25, 0.3) is 11.1 Å². The molecule has 0 atom stereocenters. The number of aromatic nitrogens is 2. The van der Waals surface area contributed by atoms with Gasteiger partial charge in [-0.2, -0.15) is 0 Å². The summed E-state index contributed by atoms with van der Waals surface area (Å²) in [5.41, 5.74) is 8.69. The number of nitrogens with zero attached hydrogens (tertiary/aromatic N) is 2. The van der Waals surface area contributed by atoms with Crippen molar-refractivity contribution >= 4 is 21.7 Å². The summed E-state index contributed by atoms with van der Waals surface area (Å²) in [5, 5.41) is 0.683. The minimum Gasteiger partial charge on any atom is -0.384 e. The van der Waals surface area contributed by atoms with Crippen LogP contribution >= 0.6 is 15.9 Å². The van der Waals surface area contributed by atoms with Crippen molar-refractivity contribution in [3.63, 3.8) is 0 Å². The average Bonchev–Trinajstić information content (AvgIpc) is 2.30. The summed E-state index contributed by atoms with van der Waals surface area (Å²) in [4.78, 5) is 8.36. The van der Waals surface area contributed by atoms with Gasteiger partial charge >= 0.3 is 0 Å². The lowest BCUT2D eigenvalue weighted by Gasteiger charge is -2.06. The lowest BCUT2D eigenvalue weighted by Crippen LogP contribution is -1.96. The van der Waals surface area contributed by atoms with Crippen LogP contribution in [0.4, 0.5) is 5.82 Å². The highest BCUT2D eigenvalue weighted by Gasteiger charge is 2.05. The molecule has 4 heteroatoms. The van der Waals surface area contributed by atoms with Gasteiger partial charge in [-0.1, -0.05) is 22.0 Å². The SMILES string of the molecule is Nc1ccc(-c2cccnc2)c(CBr)n1. The van der Waals surface area contributed by atoms with Gasteiger partial charge in [-0.15, -0.1) is 0 Å². The summed E-state index contributed by atoms with van der Waals surface area (Å²) in [5.74, 6) is 0.539. The van der Waals surface area contributed by atoms with Crippen molar-refractivity contribution in [3.05, 3.63) is 42.4 Å². The molecule has 2 heterocycles. The maximum atomic E-state index is 5.63. The Labute approximate surface area is 96.5 Å². The van der Waals surface area contributed by atoms with Crippen molar-refractivity contribution in [1.82, 2.24) is 9.97 Å². The summed E-state index contributed by atoms with van der Waals surface area (Å²) >= 11 is 3.40. The molecular formula is C11H10BrN3. The third-order valence-electron chi connectivity index (χ3n) is 2.09. The van der Waals surface area contributed by atoms with Gasteiger partial charge in [0.25, 0.3) is 0 Å². The lowest BCUT2D eigenvalue weighted by molar-refractivity contribution is 1.19. The number of alkyl halides is 1. The molecule has 76 valence electrons. The molecule has 0 spiro atoms. The van der Waals surface area contributed by atoms with E-state index in [4.69, 9.17) is 5.73 Å². The molecule has 0 amide bonds. The van der Waals surface area contributed by atoms with Crippen LogP contribution in [-0.2, 0) is 5.33 Å². The fourth-order valence-electron chi connectivity index (χ4n) is 1.41. The monoisotopic (exact) mass is 263 g/mol. The predicted octanol–water partition coefficient (Wildman–Crippen LogP) is 2.62. The van der Waals surface area contributed by atoms with E-state index in [1.54, 1.807) is 12.3 Å². The first-order valence-electron chi connectivity index (χ1n) is 4.53. The highest BCUT2D eigenvalue weighted by atomic mass is 79.9. The third kappa shape index (κ3) is 2.15. The molecule has 0 saturated carbocycles. The molecule has 0 aliphatic carbocycles. The molecule has 2 rings (SSSR count). The van der Waals surface area contributed by atoms with E-state index in [9.17, 15) is 0 Å². The Bertz CT molecular complexity index is 457. The van der Waals surface area contributed by atoms with Gasteiger partial charge in [0.15, 0.2) is 0 Å². The van der Waals surface area contributed by atoms with E-state index in [1.165, 1.54) is 0 Å². The number of halogens is 1. The van der Waals surface area contributed by atoms with Gasteiger partial charge in [-0.05, 0) is 18.2 Å². The molecule has 2 aromatic heterocycles. The van der Waals surface area contributed by atoms with Crippen LogP contribution in [0.15, 0.2) is 36.7 Å². The molecule has 15 heavy (non-hydrogen) atoms. The minimum atomic E-state index is 0.539. The maximum Gasteiger partial charge on any atom is 0.123 e. The molecule has 0 aliphatic rings. The average molecular weight is 264 g/mol. The molecule has 0 fully saturated rings. The third-order valence-corrected chi connectivity index (χ3v) is 2.63. The van der Waals surface area contributed by atoms with E-state index in [0.29, 0.717) is 11.1 Å². The second-order valence-corrected chi connectivity index (χ2v) is 3.67. The van der Waals surface area contributed by atoms with Crippen molar-refractivity contribution in [2.75, 3.05) is 5.73 Å². The molecule has 3 nitrogen and oxygen atoms in total. The Kier molecular flexibility index (Phi) is 2.97. The standard InChI is InChI=1S/C11H10BrN3/c12-6-10-9(3-4-11(13)15-10)8-2-1-5-14-7-8/h1-5,7H,6H2,(H2,13,15). The molecule has 0 aromatic carbocycles. The first kappa shape index (κ1) is 10.1. The van der Waals surface area contributed by atoms with Crippen molar-refractivity contribution < 1.29 is 0 Å². The Morgan fingerprint density at radius 2 is 2.13 bits per heavy atom. The minimum absolute atomic E-state index is 0.539. The second kappa shape index (κ2) is 4.40. The highest BCUT2D eigenvalue weighted by Crippen LogP contribution is 2.24. The summed E-state index contributed by atoms with van der Waals surface area (Å²) in [6.07, 6.45) is 3.57. The van der Waals surface area contributed by atoms with Gasteiger partial charge in [0.2, 0.25) is 0 Å². The van der Waals surface area contributed by atoms with Crippen LogP contribution < -0.4 is 5.73 Å². The molecule has 0 saturated heterocycles. The zero-order chi connectivity index (χ0) is 10.7. The van der Waals surface area contributed by atoms with Crippen molar-refractivity contribution in [2.24, 2.45) is 0 Å². The molecule has 0 unspecified atom stereocenters. The van der Waals surface area contributed by atoms with Crippen molar-refractivity contribution in [3.8, 4) is 11.1 Å². The van der Waals surface area contributed by atoms with E-state index < -0.39 is 0 Å². The van der Waals surface area contributed by atoms with Gasteiger partial charge in [0.05, 0.1) is 5.69 Å². The van der Waals surface area contributed by atoms with Gasteiger partial charge < -0.3 is 5.73 Å². The summed E-state index contributed by atoms with van der Waals surface area (Å²) in [7, 11) is 0. The van der Waals surface area contributed by atoms with E-state index in [2.05, 4.69) is 25.9 Å². The Morgan fingerprint density at radius 3 is 2.80 bits per heavy atom. The zero-order valence-corrected chi connectivity index (χ0v) is 9.61. The number of nitrogens with two attached hydrogens (primary N) is 1. The molecule has 0 aliphatic heterocycles. The predicted molar refractivity (Wildman–Crippen MR) is 64.5 cm³/mol. The molecule has 0 radical (unpaired) electrons.